The van der Waals surface area contributed by atoms with Gasteiger partial charge < -0.3 is 10.5 Å². The lowest BCUT2D eigenvalue weighted by Gasteiger charge is -2.36. The van der Waals surface area contributed by atoms with Gasteiger partial charge in [-0.15, -0.1) is 0 Å². The van der Waals surface area contributed by atoms with E-state index in [0.29, 0.717) is 6.54 Å². The standard InChI is InChI=1S/C12H26N2O3S/c1-11(2)17-8-9-18(15,16)14-12(10-13)6-4-3-5-7-12/h11,14H,3-10,13H2,1-2H3. The van der Waals surface area contributed by atoms with E-state index >= 15 is 0 Å². The molecule has 1 rings (SSSR count). The quantitative estimate of drug-likeness (QED) is 0.727. The second-order valence-electron chi connectivity index (χ2n) is 5.39. The third-order valence-corrected chi connectivity index (χ3v) is 4.82. The highest BCUT2D eigenvalue weighted by Crippen LogP contribution is 2.27. The van der Waals surface area contributed by atoms with Crippen molar-refractivity contribution in [3.63, 3.8) is 0 Å². The molecule has 0 heterocycles. The van der Waals surface area contributed by atoms with E-state index in [0.717, 1.165) is 25.7 Å². The van der Waals surface area contributed by atoms with Crippen LogP contribution in [0.4, 0.5) is 0 Å². The van der Waals surface area contributed by atoms with Crippen molar-refractivity contribution in [1.29, 1.82) is 0 Å². The summed E-state index contributed by atoms with van der Waals surface area (Å²) in [5.74, 6) is 0.00687. The fraction of sp³-hybridized carbons (Fsp3) is 1.00. The Labute approximate surface area is 111 Å². The number of nitrogens with one attached hydrogen (secondary N) is 1. The Morgan fingerprint density at radius 2 is 1.89 bits per heavy atom. The predicted octanol–water partition coefficient (Wildman–Crippen LogP) is 0.992. The van der Waals surface area contributed by atoms with Gasteiger partial charge >= 0.3 is 0 Å². The molecule has 18 heavy (non-hydrogen) atoms. The first-order valence-electron chi connectivity index (χ1n) is 6.72. The first-order valence-corrected chi connectivity index (χ1v) is 8.38. The van der Waals surface area contributed by atoms with Crippen LogP contribution < -0.4 is 10.5 Å². The van der Waals surface area contributed by atoms with E-state index in [4.69, 9.17) is 10.5 Å². The summed E-state index contributed by atoms with van der Waals surface area (Å²) in [6.07, 6.45) is 4.99. The summed E-state index contributed by atoms with van der Waals surface area (Å²) in [6, 6.07) is 0. The molecule has 1 aliphatic carbocycles. The van der Waals surface area contributed by atoms with E-state index < -0.39 is 15.6 Å². The van der Waals surface area contributed by atoms with E-state index in [2.05, 4.69) is 4.72 Å². The summed E-state index contributed by atoms with van der Waals surface area (Å²) in [6.45, 7) is 4.38. The Morgan fingerprint density at radius 1 is 1.28 bits per heavy atom. The molecule has 0 unspecified atom stereocenters. The zero-order chi connectivity index (χ0) is 13.6. The third kappa shape index (κ3) is 5.22. The van der Waals surface area contributed by atoms with Gasteiger partial charge in [0.15, 0.2) is 0 Å². The van der Waals surface area contributed by atoms with Crippen molar-refractivity contribution in [1.82, 2.24) is 4.72 Å². The Balaban J connectivity index is 2.51. The lowest BCUT2D eigenvalue weighted by Crippen LogP contribution is -2.55. The van der Waals surface area contributed by atoms with Gasteiger partial charge in [-0.05, 0) is 26.7 Å². The van der Waals surface area contributed by atoms with Gasteiger partial charge in [-0.1, -0.05) is 19.3 Å². The van der Waals surface area contributed by atoms with Crippen LogP contribution in [0, 0.1) is 0 Å². The molecular formula is C12H26N2O3S. The normalized spacial score (nSPS) is 20.2. The van der Waals surface area contributed by atoms with Crippen molar-refractivity contribution in [2.75, 3.05) is 18.9 Å². The van der Waals surface area contributed by atoms with Gasteiger partial charge in [0.05, 0.1) is 18.5 Å². The molecule has 1 saturated carbocycles. The second-order valence-corrected chi connectivity index (χ2v) is 7.23. The molecule has 0 spiro atoms. The maximum absolute atomic E-state index is 12.0. The lowest BCUT2D eigenvalue weighted by atomic mass is 9.83. The Hall–Kier alpha value is -0.170. The molecule has 0 aliphatic heterocycles. The molecule has 0 amide bonds. The molecule has 6 heteroatoms. The molecular weight excluding hydrogens is 252 g/mol. The van der Waals surface area contributed by atoms with Crippen LogP contribution in [0.15, 0.2) is 0 Å². The van der Waals surface area contributed by atoms with E-state index in [1.54, 1.807) is 0 Å². The average Bonchev–Trinajstić information content (AvgIpc) is 2.28. The topological polar surface area (TPSA) is 81.4 Å². The summed E-state index contributed by atoms with van der Waals surface area (Å²) in [5, 5.41) is 0. The number of ether oxygens (including phenoxy) is 1. The first kappa shape index (κ1) is 15.9. The minimum atomic E-state index is -3.30. The highest BCUT2D eigenvalue weighted by molar-refractivity contribution is 7.89. The minimum absolute atomic E-state index is 0.00687. The molecule has 0 aromatic rings. The predicted molar refractivity (Wildman–Crippen MR) is 72.9 cm³/mol. The molecule has 0 aromatic heterocycles. The highest BCUT2D eigenvalue weighted by atomic mass is 32.2. The first-order chi connectivity index (χ1) is 8.39. The van der Waals surface area contributed by atoms with Crippen molar-refractivity contribution >= 4 is 10.0 Å². The van der Waals surface area contributed by atoms with Crippen molar-refractivity contribution < 1.29 is 13.2 Å². The number of sulfonamides is 1. The Morgan fingerprint density at radius 3 is 2.39 bits per heavy atom. The monoisotopic (exact) mass is 278 g/mol. The number of nitrogens with two attached hydrogens (primary N) is 1. The van der Waals surface area contributed by atoms with E-state index in [9.17, 15) is 8.42 Å². The van der Waals surface area contributed by atoms with E-state index in [1.165, 1.54) is 6.42 Å². The van der Waals surface area contributed by atoms with Crippen LogP contribution in [0.1, 0.15) is 46.0 Å². The smallest absolute Gasteiger partial charge is 0.214 e. The van der Waals surface area contributed by atoms with Crippen molar-refractivity contribution in [2.45, 2.75) is 57.6 Å². The Bertz CT molecular complexity index is 335. The second kappa shape index (κ2) is 6.84. The van der Waals surface area contributed by atoms with Crippen LogP contribution in [0.5, 0.6) is 0 Å². The molecule has 1 aliphatic rings. The Kier molecular flexibility index (Phi) is 6.04. The third-order valence-electron chi connectivity index (χ3n) is 3.38. The highest BCUT2D eigenvalue weighted by Gasteiger charge is 2.34. The van der Waals surface area contributed by atoms with Crippen LogP contribution in [-0.2, 0) is 14.8 Å². The fourth-order valence-electron chi connectivity index (χ4n) is 2.35. The molecule has 0 radical (unpaired) electrons. The van der Waals surface area contributed by atoms with E-state index in [-0.39, 0.29) is 18.5 Å². The molecule has 1 fully saturated rings. The zero-order valence-electron chi connectivity index (χ0n) is 11.4. The van der Waals surface area contributed by atoms with Gasteiger partial charge in [-0.2, -0.15) is 0 Å². The van der Waals surface area contributed by atoms with Gasteiger partial charge in [0.1, 0.15) is 0 Å². The molecule has 3 N–H and O–H groups in total. The van der Waals surface area contributed by atoms with Gasteiger partial charge in [0.25, 0.3) is 0 Å². The maximum atomic E-state index is 12.0. The van der Waals surface area contributed by atoms with Crippen LogP contribution in [-0.4, -0.2) is 39.0 Å². The number of rotatable bonds is 7. The summed E-state index contributed by atoms with van der Waals surface area (Å²) in [5.41, 5.74) is 5.34. The minimum Gasteiger partial charge on any atom is -0.378 e. The largest absolute Gasteiger partial charge is 0.378 e. The zero-order valence-corrected chi connectivity index (χ0v) is 12.3. The number of hydrogen-bond donors (Lipinski definition) is 2. The van der Waals surface area contributed by atoms with Gasteiger partial charge in [0.2, 0.25) is 10.0 Å². The van der Waals surface area contributed by atoms with Gasteiger partial charge in [-0.25, -0.2) is 13.1 Å². The summed E-state index contributed by atoms with van der Waals surface area (Å²) < 4.78 is 32.1. The number of hydrogen-bond acceptors (Lipinski definition) is 4. The van der Waals surface area contributed by atoms with Crippen LogP contribution in [0.2, 0.25) is 0 Å². The summed E-state index contributed by atoms with van der Waals surface area (Å²) >= 11 is 0. The summed E-state index contributed by atoms with van der Waals surface area (Å²) in [7, 11) is -3.30. The molecule has 108 valence electrons. The van der Waals surface area contributed by atoms with Crippen molar-refractivity contribution in [2.24, 2.45) is 5.73 Å². The lowest BCUT2D eigenvalue weighted by molar-refractivity contribution is 0.0910. The molecule has 0 aromatic carbocycles. The van der Waals surface area contributed by atoms with Crippen molar-refractivity contribution in [3.8, 4) is 0 Å². The van der Waals surface area contributed by atoms with Crippen molar-refractivity contribution in [3.05, 3.63) is 0 Å². The van der Waals surface area contributed by atoms with E-state index in [1.807, 2.05) is 13.8 Å². The van der Waals surface area contributed by atoms with Crippen LogP contribution in [0.3, 0.4) is 0 Å². The van der Waals surface area contributed by atoms with Crippen LogP contribution >= 0.6 is 0 Å². The maximum Gasteiger partial charge on any atom is 0.214 e. The average molecular weight is 278 g/mol. The van der Waals surface area contributed by atoms with Crippen LogP contribution in [0.25, 0.3) is 0 Å². The SMILES string of the molecule is CC(C)OCCS(=O)(=O)NC1(CN)CCCCC1. The molecule has 5 nitrogen and oxygen atoms in total. The van der Waals surface area contributed by atoms with Gasteiger partial charge in [-0.3, -0.25) is 0 Å². The summed E-state index contributed by atoms with van der Waals surface area (Å²) in [4.78, 5) is 0. The fourth-order valence-corrected chi connectivity index (χ4v) is 3.72. The molecule has 0 bridgehead atoms. The molecule has 0 saturated heterocycles. The van der Waals surface area contributed by atoms with Gasteiger partial charge in [0, 0.05) is 12.1 Å². The molecule has 0 atom stereocenters.